The van der Waals surface area contributed by atoms with E-state index in [0.29, 0.717) is 24.7 Å². The topological polar surface area (TPSA) is 68.0 Å². The Morgan fingerprint density at radius 3 is 2.27 bits per heavy atom. The van der Waals surface area contributed by atoms with Crippen molar-refractivity contribution < 1.29 is 23.0 Å². The number of hydrogen-bond donors (Lipinski definition) is 1. The normalized spacial score (nSPS) is 17.3. The van der Waals surface area contributed by atoms with Crippen LogP contribution < -0.4 is 15.2 Å². The summed E-state index contributed by atoms with van der Waals surface area (Å²) in [7, 11) is 3.66. The minimum absolute atomic E-state index is 0.219. The van der Waals surface area contributed by atoms with Gasteiger partial charge in [0.25, 0.3) is 5.92 Å². The third kappa shape index (κ3) is 9.64. The second kappa shape index (κ2) is 16.5. The van der Waals surface area contributed by atoms with Crippen LogP contribution in [0.2, 0.25) is 0 Å². The fourth-order valence-corrected chi connectivity index (χ4v) is 6.40. The SMILES string of the molecule is CCCCOc1ccc(C(F)(F)C(C=O)N(C)Sc2ccc3cc(OC4CCCC4)ccc3c2)cc1.CN1CCC(N)CC1. The first-order valence-corrected chi connectivity index (χ1v) is 16.6. The van der Waals surface area contributed by atoms with Crippen molar-refractivity contribution in [3.63, 3.8) is 0 Å². The summed E-state index contributed by atoms with van der Waals surface area (Å²) in [6.45, 7) is 4.97. The molecule has 0 amide bonds. The van der Waals surface area contributed by atoms with Crippen LogP contribution in [0.15, 0.2) is 65.6 Å². The van der Waals surface area contributed by atoms with Crippen molar-refractivity contribution in [2.24, 2.45) is 5.73 Å². The Hall–Kier alpha value is -2.72. The molecule has 0 spiro atoms. The molecular formula is C35H47F2N3O3S. The molecule has 0 bridgehead atoms. The van der Waals surface area contributed by atoms with E-state index >= 15 is 8.78 Å². The first-order chi connectivity index (χ1) is 21.2. The summed E-state index contributed by atoms with van der Waals surface area (Å²) in [5, 5.41) is 2.01. The fourth-order valence-electron chi connectivity index (χ4n) is 5.46. The lowest BCUT2D eigenvalue weighted by atomic mass is 10.0. The molecular weight excluding hydrogens is 580 g/mol. The lowest BCUT2D eigenvalue weighted by Crippen LogP contribution is -2.42. The average Bonchev–Trinajstić information content (AvgIpc) is 3.53. The Morgan fingerprint density at radius 2 is 1.64 bits per heavy atom. The van der Waals surface area contributed by atoms with Crippen LogP contribution in [0.3, 0.4) is 0 Å². The van der Waals surface area contributed by atoms with Crippen molar-refractivity contribution in [2.75, 3.05) is 33.8 Å². The molecule has 1 aliphatic carbocycles. The number of carbonyl (C=O) groups excluding carboxylic acids is 1. The summed E-state index contributed by atoms with van der Waals surface area (Å²) < 4.78 is 43.6. The molecule has 6 nitrogen and oxygen atoms in total. The van der Waals surface area contributed by atoms with Gasteiger partial charge in [0, 0.05) is 16.5 Å². The van der Waals surface area contributed by atoms with Crippen LogP contribution in [-0.4, -0.2) is 67.5 Å². The predicted octanol–water partition coefficient (Wildman–Crippen LogP) is 7.68. The van der Waals surface area contributed by atoms with Crippen molar-refractivity contribution in [1.82, 2.24) is 9.21 Å². The number of nitrogens with zero attached hydrogens (tertiary/aromatic N) is 2. The lowest BCUT2D eigenvalue weighted by Gasteiger charge is -2.30. The van der Waals surface area contributed by atoms with Gasteiger partial charge in [-0.25, -0.2) is 4.31 Å². The highest BCUT2D eigenvalue weighted by Gasteiger charge is 2.44. The molecule has 2 fully saturated rings. The molecule has 9 heteroatoms. The summed E-state index contributed by atoms with van der Waals surface area (Å²) >= 11 is 1.13. The maximum Gasteiger partial charge on any atom is 0.296 e. The third-order valence-corrected chi connectivity index (χ3v) is 9.28. The van der Waals surface area contributed by atoms with Gasteiger partial charge in [-0.2, -0.15) is 8.78 Å². The fraction of sp³-hybridized carbons (Fsp3) is 0.514. The molecule has 240 valence electrons. The number of hydrogen-bond acceptors (Lipinski definition) is 7. The van der Waals surface area contributed by atoms with Gasteiger partial charge in [0.15, 0.2) is 0 Å². The number of piperidine rings is 1. The highest BCUT2D eigenvalue weighted by Crippen LogP contribution is 2.38. The standard InChI is InChI=1S/C29H33F2NO3S.C6H14N2/c1-3-4-17-34-24-14-11-23(12-15-24)29(30,31)28(20-33)32(2)36-27-16-10-21-18-26(13-9-22(21)19-27)35-25-7-5-6-8-25;1-8-4-2-6(7)3-5-8/h9-16,18-20,25,28H,3-8,17H2,1-2H3;6H,2-5,7H2,1H3. The number of halogens is 2. The van der Waals surface area contributed by atoms with E-state index in [1.54, 1.807) is 0 Å². The van der Waals surface area contributed by atoms with E-state index in [1.165, 1.54) is 74.4 Å². The van der Waals surface area contributed by atoms with E-state index in [4.69, 9.17) is 15.2 Å². The van der Waals surface area contributed by atoms with Gasteiger partial charge in [-0.3, -0.25) is 0 Å². The molecule has 3 aromatic carbocycles. The van der Waals surface area contributed by atoms with Crippen LogP contribution in [-0.2, 0) is 10.7 Å². The monoisotopic (exact) mass is 627 g/mol. The number of ether oxygens (including phenoxy) is 2. The number of fused-ring (bicyclic) bond motifs is 1. The number of benzene rings is 3. The Balaban J connectivity index is 0.000000479. The molecule has 44 heavy (non-hydrogen) atoms. The molecule has 2 N–H and O–H groups in total. The maximum absolute atomic E-state index is 15.3. The van der Waals surface area contributed by atoms with Gasteiger partial charge in [-0.1, -0.05) is 25.5 Å². The molecule has 0 radical (unpaired) electrons. The van der Waals surface area contributed by atoms with Gasteiger partial charge < -0.3 is 24.9 Å². The van der Waals surface area contributed by atoms with E-state index in [1.807, 2.05) is 36.4 Å². The molecule has 0 aromatic heterocycles. The summed E-state index contributed by atoms with van der Waals surface area (Å²) in [4.78, 5) is 14.9. The smallest absolute Gasteiger partial charge is 0.296 e. The molecule has 1 heterocycles. The Bertz CT molecular complexity index is 1300. The molecule has 1 atom stereocenters. The number of carbonyl (C=O) groups is 1. The van der Waals surface area contributed by atoms with Gasteiger partial charge in [0.1, 0.15) is 23.8 Å². The zero-order valence-corrected chi connectivity index (χ0v) is 27.0. The number of rotatable bonds is 12. The van der Waals surface area contributed by atoms with E-state index in [2.05, 4.69) is 18.9 Å². The molecule has 5 rings (SSSR count). The van der Waals surface area contributed by atoms with Gasteiger partial charge in [-0.15, -0.1) is 0 Å². The van der Waals surface area contributed by atoms with Crippen LogP contribution in [0.1, 0.15) is 63.9 Å². The minimum Gasteiger partial charge on any atom is -0.494 e. The second-order valence-electron chi connectivity index (χ2n) is 11.9. The second-order valence-corrected chi connectivity index (χ2v) is 13.1. The first kappa shape index (κ1) is 34.2. The molecule has 1 aliphatic heterocycles. The summed E-state index contributed by atoms with van der Waals surface area (Å²) in [6.07, 6.45) is 9.47. The van der Waals surface area contributed by atoms with Crippen LogP contribution in [0.4, 0.5) is 8.78 Å². The number of aldehydes is 1. The van der Waals surface area contributed by atoms with E-state index < -0.39 is 12.0 Å². The van der Waals surface area contributed by atoms with Crippen LogP contribution in [0.25, 0.3) is 10.8 Å². The first-order valence-electron chi connectivity index (χ1n) is 15.8. The quantitative estimate of drug-likeness (QED) is 0.126. The maximum atomic E-state index is 15.3. The van der Waals surface area contributed by atoms with E-state index in [9.17, 15) is 4.79 Å². The third-order valence-electron chi connectivity index (χ3n) is 8.30. The molecule has 1 unspecified atom stereocenters. The summed E-state index contributed by atoms with van der Waals surface area (Å²) in [5.41, 5.74) is 5.45. The summed E-state index contributed by atoms with van der Waals surface area (Å²) in [6, 6.07) is 16.3. The van der Waals surface area contributed by atoms with E-state index in [0.717, 1.165) is 59.0 Å². The minimum atomic E-state index is -3.37. The van der Waals surface area contributed by atoms with Gasteiger partial charge >= 0.3 is 0 Å². The molecule has 1 saturated heterocycles. The molecule has 2 aliphatic rings. The average molecular weight is 628 g/mol. The number of alkyl halides is 2. The van der Waals surface area contributed by atoms with Crippen molar-refractivity contribution in [1.29, 1.82) is 0 Å². The van der Waals surface area contributed by atoms with Gasteiger partial charge in [0.05, 0.1) is 12.7 Å². The number of likely N-dealkylation sites (tertiary alicyclic amines) is 1. The Kier molecular flexibility index (Phi) is 12.8. The summed E-state index contributed by atoms with van der Waals surface area (Å²) in [5.74, 6) is -1.97. The zero-order chi connectivity index (χ0) is 31.5. The largest absolute Gasteiger partial charge is 0.494 e. The van der Waals surface area contributed by atoms with Crippen molar-refractivity contribution in [3.8, 4) is 11.5 Å². The number of likely N-dealkylation sites (N-methyl/N-ethyl adjacent to an activating group) is 1. The van der Waals surface area contributed by atoms with Crippen molar-refractivity contribution in [2.45, 2.75) is 87.3 Å². The number of nitrogens with two attached hydrogens (primary N) is 1. The van der Waals surface area contributed by atoms with Crippen LogP contribution in [0.5, 0.6) is 11.5 Å². The highest BCUT2D eigenvalue weighted by molar-refractivity contribution is 7.97. The zero-order valence-electron chi connectivity index (χ0n) is 26.2. The van der Waals surface area contributed by atoms with Crippen molar-refractivity contribution >= 4 is 29.0 Å². The van der Waals surface area contributed by atoms with Crippen LogP contribution in [0, 0.1) is 0 Å². The Morgan fingerprint density at radius 1 is 1.00 bits per heavy atom. The van der Waals surface area contributed by atoms with Gasteiger partial charge in [-0.05, 0) is 143 Å². The molecule has 1 saturated carbocycles. The highest BCUT2D eigenvalue weighted by atomic mass is 32.2. The lowest BCUT2D eigenvalue weighted by molar-refractivity contribution is -0.124. The van der Waals surface area contributed by atoms with Crippen LogP contribution >= 0.6 is 11.9 Å². The van der Waals surface area contributed by atoms with E-state index in [-0.39, 0.29) is 11.7 Å². The number of unbranched alkanes of at least 4 members (excludes halogenated alkanes) is 1. The van der Waals surface area contributed by atoms with Gasteiger partial charge in [0.2, 0.25) is 0 Å². The predicted molar refractivity (Wildman–Crippen MR) is 176 cm³/mol. The molecule has 3 aromatic rings. The Labute approximate surface area is 265 Å². The van der Waals surface area contributed by atoms with Crippen molar-refractivity contribution in [3.05, 3.63) is 66.2 Å².